The highest BCUT2D eigenvalue weighted by molar-refractivity contribution is 5.94. The second-order valence-corrected chi connectivity index (χ2v) is 6.77. The number of aromatic nitrogens is 4. The molecule has 6 nitrogen and oxygen atoms in total. The second kappa shape index (κ2) is 7.65. The summed E-state index contributed by atoms with van der Waals surface area (Å²) in [7, 11) is 0. The third-order valence-corrected chi connectivity index (χ3v) is 4.93. The summed E-state index contributed by atoms with van der Waals surface area (Å²) in [4.78, 5) is 15.0. The van der Waals surface area contributed by atoms with E-state index in [1.165, 1.54) is 12.1 Å². The highest BCUT2D eigenvalue weighted by Crippen LogP contribution is 2.32. The van der Waals surface area contributed by atoms with Gasteiger partial charge in [0, 0.05) is 12.1 Å². The molecular weight excluding hydrogens is 345 g/mol. The smallest absolute Gasteiger partial charge is 0.254 e. The molecule has 1 atom stereocenters. The molecule has 0 aliphatic carbocycles. The van der Waals surface area contributed by atoms with Gasteiger partial charge in [-0.25, -0.2) is 9.07 Å². The van der Waals surface area contributed by atoms with Gasteiger partial charge in [0.1, 0.15) is 12.1 Å². The van der Waals surface area contributed by atoms with E-state index < -0.39 is 0 Å². The molecule has 1 fully saturated rings. The van der Waals surface area contributed by atoms with Gasteiger partial charge in [-0.15, -0.1) is 5.10 Å². The molecule has 1 aliphatic heterocycles. The van der Waals surface area contributed by atoms with Crippen molar-refractivity contribution in [3.63, 3.8) is 0 Å². The molecule has 1 saturated heterocycles. The molecule has 27 heavy (non-hydrogen) atoms. The fourth-order valence-electron chi connectivity index (χ4n) is 3.59. The van der Waals surface area contributed by atoms with E-state index >= 15 is 0 Å². The predicted octanol–water partition coefficient (Wildman–Crippen LogP) is 3.23. The van der Waals surface area contributed by atoms with E-state index in [1.54, 1.807) is 17.1 Å². The normalized spacial score (nSPS) is 17.1. The van der Waals surface area contributed by atoms with Crippen molar-refractivity contribution in [2.45, 2.75) is 31.8 Å². The van der Waals surface area contributed by atoms with Crippen molar-refractivity contribution in [3.8, 4) is 0 Å². The number of benzene rings is 2. The fourth-order valence-corrected chi connectivity index (χ4v) is 3.59. The summed E-state index contributed by atoms with van der Waals surface area (Å²) >= 11 is 0. The van der Waals surface area contributed by atoms with Crippen LogP contribution in [-0.4, -0.2) is 37.6 Å². The van der Waals surface area contributed by atoms with E-state index in [2.05, 4.69) is 15.5 Å². The van der Waals surface area contributed by atoms with Crippen molar-refractivity contribution in [1.29, 1.82) is 0 Å². The third-order valence-electron chi connectivity index (χ3n) is 4.93. The van der Waals surface area contributed by atoms with Crippen LogP contribution in [-0.2, 0) is 6.54 Å². The van der Waals surface area contributed by atoms with E-state index in [4.69, 9.17) is 0 Å². The molecule has 0 radical (unpaired) electrons. The Kier molecular flexibility index (Phi) is 4.91. The van der Waals surface area contributed by atoms with Crippen LogP contribution < -0.4 is 0 Å². The number of carbonyl (C=O) groups is 1. The van der Waals surface area contributed by atoms with E-state index in [0.29, 0.717) is 18.7 Å². The van der Waals surface area contributed by atoms with Crippen LogP contribution in [0.4, 0.5) is 4.39 Å². The van der Waals surface area contributed by atoms with Gasteiger partial charge in [-0.3, -0.25) is 4.79 Å². The Hall–Kier alpha value is -3.09. The quantitative estimate of drug-likeness (QED) is 0.712. The van der Waals surface area contributed by atoms with Crippen molar-refractivity contribution < 1.29 is 9.18 Å². The number of amides is 1. The lowest BCUT2D eigenvalue weighted by atomic mass is 9.94. The Bertz CT molecular complexity index is 910. The molecule has 7 heteroatoms. The van der Waals surface area contributed by atoms with Gasteiger partial charge < -0.3 is 4.90 Å². The first-order valence-corrected chi connectivity index (χ1v) is 9.07. The number of likely N-dealkylation sites (tertiary alicyclic amines) is 1. The number of piperidine rings is 1. The average molecular weight is 365 g/mol. The van der Waals surface area contributed by atoms with Crippen LogP contribution in [0.5, 0.6) is 0 Å². The summed E-state index contributed by atoms with van der Waals surface area (Å²) in [6, 6.07) is 14.0. The summed E-state index contributed by atoms with van der Waals surface area (Å²) in [5.41, 5.74) is 2.51. The predicted molar refractivity (Wildman–Crippen MR) is 97.4 cm³/mol. The van der Waals surface area contributed by atoms with E-state index in [9.17, 15) is 9.18 Å². The van der Waals surface area contributed by atoms with Crippen LogP contribution in [0, 0.1) is 5.82 Å². The Morgan fingerprint density at radius 1 is 1.15 bits per heavy atom. The van der Waals surface area contributed by atoms with Crippen molar-refractivity contribution in [2.24, 2.45) is 0 Å². The Morgan fingerprint density at radius 3 is 2.74 bits per heavy atom. The van der Waals surface area contributed by atoms with Gasteiger partial charge in [0.15, 0.2) is 0 Å². The van der Waals surface area contributed by atoms with Gasteiger partial charge in [-0.05, 0) is 65.1 Å². The summed E-state index contributed by atoms with van der Waals surface area (Å²) in [5.74, 6) is -0.282. The first kappa shape index (κ1) is 17.3. The van der Waals surface area contributed by atoms with Gasteiger partial charge in [0.25, 0.3) is 5.91 Å². The third kappa shape index (κ3) is 3.86. The van der Waals surface area contributed by atoms with Crippen LogP contribution in [0.2, 0.25) is 0 Å². The zero-order valence-electron chi connectivity index (χ0n) is 14.8. The molecule has 138 valence electrons. The first-order valence-electron chi connectivity index (χ1n) is 9.07. The lowest BCUT2D eigenvalue weighted by Gasteiger charge is -2.36. The molecular formula is C20H20FN5O. The molecule has 2 heterocycles. The Morgan fingerprint density at radius 2 is 2.00 bits per heavy atom. The van der Waals surface area contributed by atoms with Crippen molar-refractivity contribution in [1.82, 2.24) is 25.1 Å². The zero-order valence-corrected chi connectivity index (χ0v) is 14.8. The summed E-state index contributed by atoms with van der Waals surface area (Å²) in [5, 5.41) is 11.1. The van der Waals surface area contributed by atoms with Crippen LogP contribution in [0.1, 0.15) is 46.8 Å². The maximum absolute atomic E-state index is 13.7. The Labute approximate surface area is 156 Å². The molecule has 4 rings (SSSR count). The lowest BCUT2D eigenvalue weighted by Crippen LogP contribution is -2.38. The van der Waals surface area contributed by atoms with E-state index in [0.717, 1.165) is 30.4 Å². The molecule has 1 amide bonds. The first-order chi connectivity index (χ1) is 13.2. The molecule has 0 bridgehead atoms. The molecule has 0 saturated carbocycles. The highest BCUT2D eigenvalue weighted by Gasteiger charge is 2.28. The topological polar surface area (TPSA) is 63.9 Å². The zero-order chi connectivity index (χ0) is 18.6. The van der Waals surface area contributed by atoms with Gasteiger partial charge in [0.2, 0.25) is 0 Å². The number of carbonyl (C=O) groups excluding carboxylic acids is 1. The maximum Gasteiger partial charge on any atom is 0.254 e. The molecule has 1 aliphatic rings. The average Bonchev–Trinajstić information content (AvgIpc) is 3.21. The largest absolute Gasteiger partial charge is 0.332 e. The van der Waals surface area contributed by atoms with E-state index in [1.807, 2.05) is 35.2 Å². The van der Waals surface area contributed by atoms with Gasteiger partial charge >= 0.3 is 0 Å². The van der Waals surface area contributed by atoms with Gasteiger partial charge in [-0.2, -0.15) is 0 Å². The van der Waals surface area contributed by atoms with E-state index in [-0.39, 0.29) is 17.8 Å². The van der Waals surface area contributed by atoms with Crippen molar-refractivity contribution in [3.05, 3.63) is 77.4 Å². The molecule has 2 aromatic carbocycles. The SMILES string of the molecule is O=C(c1ccc(Cn2cnnn2)cc1)N1CCCC[C@@H]1c1cccc(F)c1. The molecule has 1 aromatic heterocycles. The van der Waals surface area contributed by atoms with Crippen LogP contribution >= 0.6 is 0 Å². The van der Waals surface area contributed by atoms with Crippen molar-refractivity contribution >= 4 is 5.91 Å². The number of halogens is 1. The maximum atomic E-state index is 13.7. The van der Waals surface area contributed by atoms with Crippen LogP contribution in [0.3, 0.4) is 0 Å². The summed E-state index contributed by atoms with van der Waals surface area (Å²) in [6.07, 6.45) is 4.41. The highest BCUT2D eigenvalue weighted by atomic mass is 19.1. The monoisotopic (exact) mass is 365 g/mol. The molecule has 0 N–H and O–H groups in total. The second-order valence-electron chi connectivity index (χ2n) is 6.77. The Balaban J connectivity index is 1.53. The standard InChI is InChI=1S/C20H20FN5O/c21-18-5-3-4-17(12-18)19-6-1-2-11-26(19)20(27)16-9-7-15(8-10-16)13-25-14-22-23-24-25/h3-5,7-10,12,14,19H,1-2,6,11,13H2/t19-/m1/s1. The summed E-state index contributed by atoms with van der Waals surface area (Å²) < 4.78 is 15.3. The number of nitrogens with zero attached hydrogens (tertiary/aromatic N) is 5. The number of hydrogen-bond donors (Lipinski definition) is 0. The molecule has 3 aromatic rings. The molecule has 0 unspecified atom stereocenters. The minimum atomic E-state index is -0.266. The van der Waals surface area contributed by atoms with Crippen LogP contribution in [0.15, 0.2) is 54.9 Å². The van der Waals surface area contributed by atoms with Gasteiger partial charge in [0.05, 0.1) is 12.6 Å². The van der Waals surface area contributed by atoms with Crippen LogP contribution in [0.25, 0.3) is 0 Å². The van der Waals surface area contributed by atoms with Gasteiger partial charge in [-0.1, -0.05) is 24.3 Å². The molecule has 0 spiro atoms. The minimum absolute atomic E-state index is 0.0158. The number of tetrazole rings is 1. The lowest BCUT2D eigenvalue weighted by molar-refractivity contribution is 0.0611. The van der Waals surface area contributed by atoms with Crippen molar-refractivity contribution in [2.75, 3.05) is 6.54 Å². The number of rotatable bonds is 4. The minimum Gasteiger partial charge on any atom is -0.332 e. The number of hydrogen-bond acceptors (Lipinski definition) is 4. The fraction of sp³-hybridized carbons (Fsp3) is 0.300. The summed E-state index contributed by atoms with van der Waals surface area (Å²) in [6.45, 7) is 1.24.